The van der Waals surface area contributed by atoms with Crippen molar-refractivity contribution in [3.05, 3.63) is 60.2 Å². The van der Waals surface area contributed by atoms with Gasteiger partial charge in [0.2, 0.25) is 0 Å². The molecule has 0 amide bonds. The number of hydrogen-bond donors (Lipinski definition) is 0. The third kappa shape index (κ3) is 2.40. The normalized spacial score (nSPS) is 15.0. The van der Waals surface area contributed by atoms with Crippen molar-refractivity contribution >= 4 is 11.9 Å². The van der Waals surface area contributed by atoms with E-state index in [2.05, 4.69) is 0 Å². The highest BCUT2D eigenvalue weighted by atomic mass is 16.6. The van der Waals surface area contributed by atoms with Crippen molar-refractivity contribution in [1.29, 1.82) is 0 Å². The molecule has 0 fully saturated rings. The second-order valence-corrected chi connectivity index (χ2v) is 4.53. The summed E-state index contributed by atoms with van der Waals surface area (Å²) in [7, 11) is 0. The number of esters is 2. The second-order valence-electron chi connectivity index (χ2n) is 4.53. The van der Waals surface area contributed by atoms with Gasteiger partial charge in [0.05, 0.1) is 0 Å². The van der Waals surface area contributed by atoms with Gasteiger partial charge in [0.1, 0.15) is 0 Å². The molecule has 1 heterocycles. The van der Waals surface area contributed by atoms with Gasteiger partial charge in [-0.05, 0) is 24.1 Å². The molecule has 1 aliphatic heterocycles. The van der Waals surface area contributed by atoms with E-state index in [1.54, 1.807) is 24.3 Å². The van der Waals surface area contributed by atoms with Crippen molar-refractivity contribution in [1.82, 2.24) is 0 Å². The van der Waals surface area contributed by atoms with Gasteiger partial charge in [-0.1, -0.05) is 42.5 Å². The maximum absolute atomic E-state index is 12.1. The van der Waals surface area contributed by atoms with Crippen LogP contribution in [0, 0.1) is 5.92 Å². The molecule has 3 rings (SSSR count). The van der Waals surface area contributed by atoms with Crippen molar-refractivity contribution in [3.8, 4) is 11.5 Å². The van der Waals surface area contributed by atoms with Gasteiger partial charge in [0, 0.05) is 0 Å². The Morgan fingerprint density at radius 3 is 1.80 bits per heavy atom. The van der Waals surface area contributed by atoms with Crippen molar-refractivity contribution in [3.63, 3.8) is 0 Å². The average molecular weight is 268 g/mol. The predicted molar refractivity (Wildman–Crippen MR) is 71.3 cm³/mol. The summed E-state index contributed by atoms with van der Waals surface area (Å²) in [5.74, 6) is -1.54. The summed E-state index contributed by atoms with van der Waals surface area (Å²) < 4.78 is 10.5. The molecule has 2 aromatic carbocycles. The van der Waals surface area contributed by atoms with Gasteiger partial charge in [0.15, 0.2) is 17.4 Å². The quantitative estimate of drug-likeness (QED) is 0.476. The fourth-order valence-corrected chi connectivity index (χ4v) is 2.09. The van der Waals surface area contributed by atoms with Crippen LogP contribution in [0.4, 0.5) is 0 Å². The maximum atomic E-state index is 12.1. The van der Waals surface area contributed by atoms with Crippen LogP contribution < -0.4 is 9.47 Å². The molecule has 2 aromatic rings. The number of ether oxygens (including phenoxy) is 2. The molecule has 0 saturated carbocycles. The molecular weight excluding hydrogens is 256 g/mol. The van der Waals surface area contributed by atoms with E-state index in [0.29, 0.717) is 0 Å². The van der Waals surface area contributed by atoms with Gasteiger partial charge in [0.25, 0.3) is 0 Å². The molecule has 4 nitrogen and oxygen atoms in total. The Kier molecular flexibility index (Phi) is 3.21. The van der Waals surface area contributed by atoms with Crippen LogP contribution in [-0.2, 0) is 16.0 Å². The van der Waals surface area contributed by atoms with Crippen LogP contribution in [0.5, 0.6) is 11.5 Å². The molecular formula is C16H12O4. The maximum Gasteiger partial charge on any atom is 0.326 e. The first-order valence-electron chi connectivity index (χ1n) is 6.30. The van der Waals surface area contributed by atoms with Crippen LogP contribution in [0.2, 0.25) is 0 Å². The molecule has 0 spiro atoms. The van der Waals surface area contributed by atoms with Crippen LogP contribution in [0.1, 0.15) is 5.56 Å². The number of para-hydroxylation sites is 2. The number of rotatable bonds is 2. The van der Waals surface area contributed by atoms with Crippen LogP contribution in [0.3, 0.4) is 0 Å². The zero-order chi connectivity index (χ0) is 13.9. The van der Waals surface area contributed by atoms with Gasteiger partial charge in [-0.25, -0.2) is 0 Å². The highest BCUT2D eigenvalue weighted by Crippen LogP contribution is 2.31. The number of benzene rings is 2. The number of fused-ring (bicyclic) bond motifs is 1. The van der Waals surface area contributed by atoms with Crippen LogP contribution in [-0.4, -0.2) is 11.9 Å². The number of carbonyl (C=O) groups is 2. The summed E-state index contributed by atoms with van der Waals surface area (Å²) in [6.45, 7) is 0. The Balaban J connectivity index is 1.87. The minimum atomic E-state index is -0.940. The third-order valence-electron chi connectivity index (χ3n) is 3.12. The molecule has 1 aliphatic rings. The second kappa shape index (κ2) is 5.17. The Hall–Kier alpha value is -2.62. The lowest BCUT2D eigenvalue weighted by molar-refractivity contribution is -0.149. The lowest BCUT2D eigenvalue weighted by Crippen LogP contribution is -2.30. The SMILES string of the molecule is O=C1Oc2ccccc2OC(=O)C1Cc1ccccc1. The van der Waals surface area contributed by atoms with Crippen LogP contribution in [0.15, 0.2) is 54.6 Å². The summed E-state index contributed by atoms with van der Waals surface area (Å²) >= 11 is 0. The van der Waals surface area contributed by atoms with Crippen molar-refractivity contribution in [2.24, 2.45) is 5.92 Å². The molecule has 4 heteroatoms. The van der Waals surface area contributed by atoms with Crippen LogP contribution >= 0.6 is 0 Å². The Morgan fingerprint density at radius 1 is 0.750 bits per heavy atom. The molecule has 20 heavy (non-hydrogen) atoms. The zero-order valence-electron chi connectivity index (χ0n) is 10.6. The Morgan fingerprint density at radius 2 is 1.25 bits per heavy atom. The highest BCUT2D eigenvalue weighted by Gasteiger charge is 2.34. The largest absolute Gasteiger partial charge is 0.422 e. The molecule has 0 bridgehead atoms. The third-order valence-corrected chi connectivity index (χ3v) is 3.12. The monoisotopic (exact) mass is 268 g/mol. The number of hydrogen-bond acceptors (Lipinski definition) is 4. The van der Waals surface area contributed by atoms with Crippen LogP contribution in [0.25, 0.3) is 0 Å². The van der Waals surface area contributed by atoms with E-state index in [4.69, 9.17) is 9.47 Å². The lowest BCUT2D eigenvalue weighted by atomic mass is 10.00. The van der Waals surface area contributed by atoms with Crippen molar-refractivity contribution in [2.75, 3.05) is 0 Å². The molecule has 0 unspecified atom stereocenters. The minimum absolute atomic E-state index is 0.270. The van der Waals surface area contributed by atoms with Gasteiger partial charge < -0.3 is 9.47 Å². The molecule has 0 aliphatic carbocycles. The Labute approximate surface area is 115 Å². The molecule has 0 saturated heterocycles. The fourth-order valence-electron chi connectivity index (χ4n) is 2.09. The van der Waals surface area contributed by atoms with E-state index in [1.165, 1.54) is 0 Å². The highest BCUT2D eigenvalue weighted by molar-refractivity contribution is 5.98. The van der Waals surface area contributed by atoms with Gasteiger partial charge in [-0.3, -0.25) is 9.59 Å². The van der Waals surface area contributed by atoms with E-state index in [1.807, 2.05) is 30.3 Å². The summed E-state index contributed by atoms with van der Waals surface area (Å²) in [6, 6.07) is 16.0. The van der Waals surface area contributed by atoms with E-state index in [0.717, 1.165) is 5.56 Å². The van der Waals surface area contributed by atoms with Crippen molar-refractivity contribution < 1.29 is 19.1 Å². The molecule has 100 valence electrons. The molecule has 0 radical (unpaired) electrons. The molecule has 0 atom stereocenters. The smallest absolute Gasteiger partial charge is 0.326 e. The van der Waals surface area contributed by atoms with E-state index in [-0.39, 0.29) is 17.9 Å². The van der Waals surface area contributed by atoms with Gasteiger partial charge >= 0.3 is 11.9 Å². The lowest BCUT2D eigenvalue weighted by Gasteiger charge is -2.09. The zero-order valence-corrected chi connectivity index (χ0v) is 10.6. The van der Waals surface area contributed by atoms with E-state index in [9.17, 15) is 9.59 Å². The van der Waals surface area contributed by atoms with Gasteiger partial charge in [-0.15, -0.1) is 0 Å². The topological polar surface area (TPSA) is 52.6 Å². The fraction of sp³-hybridized carbons (Fsp3) is 0.125. The minimum Gasteiger partial charge on any atom is -0.422 e. The summed E-state index contributed by atoms with van der Waals surface area (Å²) in [6.07, 6.45) is 0.270. The Bertz CT molecular complexity index is 612. The summed E-state index contributed by atoms with van der Waals surface area (Å²) in [5.41, 5.74) is 0.886. The first-order valence-corrected chi connectivity index (χ1v) is 6.30. The van der Waals surface area contributed by atoms with Gasteiger partial charge in [-0.2, -0.15) is 0 Å². The average Bonchev–Trinajstić information content (AvgIpc) is 2.58. The summed E-state index contributed by atoms with van der Waals surface area (Å²) in [4.78, 5) is 24.1. The van der Waals surface area contributed by atoms with E-state index >= 15 is 0 Å². The van der Waals surface area contributed by atoms with E-state index < -0.39 is 17.9 Å². The molecule has 0 N–H and O–H groups in total. The first kappa shape index (κ1) is 12.4. The number of carbonyl (C=O) groups excluding carboxylic acids is 2. The first-order chi connectivity index (χ1) is 9.74. The standard InChI is InChI=1S/C16H12O4/c17-15-12(10-11-6-2-1-3-7-11)16(18)20-14-9-5-4-8-13(14)19-15/h1-9,12H,10H2. The summed E-state index contributed by atoms with van der Waals surface area (Å²) in [5, 5.41) is 0. The molecule has 0 aromatic heterocycles. The predicted octanol–water partition coefficient (Wildman–Crippen LogP) is 2.37. The van der Waals surface area contributed by atoms with Crippen molar-refractivity contribution in [2.45, 2.75) is 6.42 Å².